The summed E-state index contributed by atoms with van der Waals surface area (Å²) in [5.74, 6) is 0.720. The van der Waals surface area contributed by atoms with Gasteiger partial charge < -0.3 is 19.4 Å². The van der Waals surface area contributed by atoms with Crippen LogP contribution in [0.25, 0.3) is 22.3 Å². The molecule has 0 radical (unpaired) electrons. The van der Waals surface area contributed by atoms with E-state index in [-0.39, 0.29) is 29.9 Å². The highest BCUT2D eigenvalue weighted by molar-refractivity contribution is 6.23. The van der Waals surface area contributed by atoms with Crippen LogP contribution in [-0.2, 0) is 14.4 Å². The molecule has 6 aliphatic rings. The van der Waals surface area contributed by atoms with Crippen LogP contribution in [0.3, 0.4) is 0 Å². The molecule has 7 heterocycles. The van der Waals surface area contributed by atoms with Crippen LogP contribution in [0.15, 0.2) is 48.8 Å². The average Bonchev–Trinajstić information content (AvgIpc) is 3.74. The minimum atomic E-state index is -0.981. The largest absolute Gasteiger partial charge is 0.488 e. The molecule has 4 aromatic rings. The maximum atomic E-state index is 13.4. The summed E-state index contributed by atoms with van der Waals surface area (Å²) < 4.78 is 6.22. The van der Waals surface area contributed by atoms with E-state index in [4.69, 9.17) is 4.74 Å². The molecular weight excluding hydrogens is 765 g/mol. The molecule has 16 heteroatoms. The first-order valence-corrected chi connectivity index (χ1v) is 21.4. The molecule has 5 amide bonds. The van der Waals surface area contributed by atoms with Crippen LogP contribution in [0.4, 0.5) is 11.5 Å². The summed E-state index contributed by atoms with van der Waals surface area (Å²) in [6.45, 7) is 9.68. The smallest absolute Gasteiger partial charge is 0.262 e. The number of piperidine rings is 3. The fourth-order valence-electron chi connectivity index (χ4n) is 9.62. The number of carbonyl (C=O) groups is 5. The van der Waals surface area contributed by atoms with Crippen LogP contribution in [0, 0.1) is 11.8 Å². The Morgan fingerprint density at radius 3 is 2.33 bits per heavy atom. The zero-order valence-corrected chi connectivity index (χ0v) is 33.9. The molecule has 2 N–H and O–H groups in total. The highest BCUT2D eigenvalue weighted by Crippen LogP contribution is 2.41. The van der Waals surface area contributed by atoms with Gasteiger partial charge in [-0.1, -0.05) is 0 Å². The average molecular weight is 815 g/mol. The molecule has 5 aliphatic heterocycles. The number of benzene rings is 2. The molecule has 2 aromatic carbocycles. The zero-order valence-electron chi connectivity index (χ0n) is 33.9. The topological polar surface area (TPSA) is 177 Å². The zero-order chi connectivity index (χ0) is 41.1. The Balaban J connectivity index is 0.679. The summed E-state index contributed by atoms with van der Waals surface area (Å²) in [5.41, 5.74) is 3.88. The summed E-state index contributed by atoms with van der Waals surface area (Å²) in [6, 6.07) is 12.4. The number of ether oxygens (including phenoxy) is 1. The van der Waals surface area contributed by atoms with Crippen LogP contribution < -0.4 is 19.9 Å². The van der Waals surface area contributed by atoms with Crippen LogP contribution in [0.1, 0.15) is 79.0 Å². The number of hydrogen-bond acceptors (Lipinski definition) is 12. The van der Waals surface area contributed by atoms with Crippen LogP contribution in [0.2, 0.25) is 0 Å². The van der Waals surface area contributed by atoms with E-state index in [1.165, 1.54) is 0 Å². The van der Waals surface area contributed by atoms with E-state index in [1.54, 1.807) is 18.5 Å². The molecule has 10 rings (SSSR count). The van der Waals surface area contributed by atoms with Crippen molar-refractivity contribution in [1.29, 1.82) is 0 Å². The van der Waals surface area contributed by atoms with Gasteiger partial charge in [-0.15, -0.1) is 0 Å². The number of nitrogens with zero attached hydrogens (tertiary/aromatic N) is 8. The Labute approximate surface area is 347 Å². The molecule has 0 spiro atoms. The third-order valence-electron chi connectivity index (χ3n) is 13.5. The maximum absolute atomic E-state index is 13.4. The molecular formula is C44H50N10O6. The predicted octanol–water partition coefficient (Wildman–Crippen LogP) is 3.63. The predicted molar refractivity (Wildman–Crippen MR) is 221 cm³/mol. The first-order chi connectivity index (χ1) is 29.1. The number of aromatic amines is 1. The fraction of sp³-hybridized carbons (Fsp3) is 0.500. The monoisotopic (exact) mass is 814 g/mol. The molecule has 2 aromatic heterocycles. The normalized spacial score (nSPS) is 23.7. The summed E-state index contributed by atoms with van der Waals surface area (Å²) in [7, 11) is 0. The van der Waals surface area contributed by atoms with Gasteiger partial charge in [-0.3, -0.25) is 44.2 Å². The minimum absolute atomic E-state index is 0.0613. The van der Waals surface area contributed by atoms with Crippen molar-refractivity contribution in [3.63, 3.8) is 0 Å². The number of rotatable bonds is 10. The number of nitrogens with one attached hydrogen (secondary N) is 2. The summed E-state index contributed by atoms with van der Waals surface area (Å²) >= 11 is 0. The van der Waals surface area contributed by atoms with E-state index in [1.807, 2.05) is 30.3 Å². The van der Waals surface area contributed by atoms with Gasteiger partial charge in [0.1, 0.15) is 35.2 Å². The van der Waals surface area contributed by atoms with E-state index in [9.17, 15) is 24.0 Å². The molecule has 16 nitrogen and oxygen atoms in total. The third-order valence-corrected chi connectivity index (χ3v) is 13.5. The third kappa shape index (κ3) is 7.45. The number of anilines is 2. The Bertz CT molecular complexity index is 2380. The van der Waals surface area contributed by atoms with E-state index in [0.717, 1.165) is 135 Å². The van der Waals surface area contributed by atoms with E-state index in [2.05, 4.69) is 52.0 Å². The quantitative estimate of drug-likeness (QED) is 0.223. The first-order valence-electron chi connectivity index (χ1n) is 21.4. The lowest BCUT2D eigenvalue weighted by atomic mass is 9.91. The van der Waals surface area contributed by atoms with Gasteiger partial charge in [-0.2, -0.15) is 5.10 Å². The highest BCUT2D eigenvalue weighted by Gasteiger charge is 2.45. The van der Waals surface area contributed by atoms with Crippen molar-refractivity contribution in [2.75, 3.05) is 68.7 Å². The van der Waals surface area contributed by atoms with Crippen molar-refractivity contribution in [2.45, 2.75) is 69.9 Å². The Hall–Kier alpha value is -5.90. The number of hydrogen-bond donors (Lipinski definition) is 2. The Kier molecular flexibility index (Phi) is 9.76. The van der Waals surface area contributed by atoms with E-state index < -0.39 is 29.7 Å². The molecule has 60 heavy (non-hydrogen) atoms. The summed E-state index contributed by atoms with van der Waals surface area (Å²) in [4.78, 5) is 83.3. The molecule has 2 atom stereocenters. The van der Waals surface area contributed by atoms with Gasteiger partial charge in [0.05, 0.1) is 22.3 Å². The number of H-pyrrole nitrogens is 1. The summed E-state index contributed by atoms with van der Waals surface area (Å²) in [6.07, 6.45) is 7.41. The van der Waals surface area contributed by atoms with Crippen LogP contribution in [-0.4, -0.2) is 135 Å². The van der Waals surface area contributed by atoms with E-state index in [0.29, 0.717) is 23.8 Å². The Morgan fingerprint density at radius 2 is 1.57 bits per heavy atom. The van der Waals surface area contributed by atoms with Gasteiger partial charge in [0, 0.05) is 88.9 Å². The van der Waals surface area contributed by atoms with Crippen LogP contribution >= 0.6 is 0 Å². The molecule has 4 saturated heterocycles. The molecule has 312 valence electrons. The molecule has 1 unspecified atom stereocenters. The standard InChI is InChI=1S/C44H50N10O6/c1-44(11-12-44)60-30-3-5-34-33(22-30)40(49-48-34)35-23-37(46-26-45-35)52-18-16-50(17-19-52)24-28-10-15-53(39(56)20-28)25-27-8-13-51(14-9-27)29-2-4-31-32(21-29)43(59)54(42(31)58)36-6-7-38(55)47-41(36)57/h2-5,21-23,26-28,36H,6-20,24-25H2,1H3,(H,48,49)(H,47,55,57)/t28-,36?/m0/s1. The number of fused-ring (bicyclic) bond motifs is 2. The van der Waals surface area contributed by atoms with Crippen molar-refractivity contribution >= 4 is 51.9 Å². The van der Waals surface area contributed by atoms with Crippen molar-refractivity contribution < 1.29 is 28.7 Å². The van der Waals surface area contributed by atoms with Crippen molar-refractivity contribution in [3.05, 3.63) is 59.9 Å². The van der Waals surface area contributed by atoms with Gasteiger partial charge in [0.15, 0.2) is 0 Å². The summed E-state index contributed by atoms with van der Waals surface area (Å²) in [5, 5.41) is 11.0. The number of aromatic nitrogens is 4. The lowest BCUT2D eigenvalue weighted by molar-refractivity contribution is -0.137. The molecule has 0 bridgehead atoms. The number of likely N-dealkylation sites (tertiary alicyclic amines) is 1. The number of piperazine rings is 1. The lowest BCUT2D eigenvalue weighted by Crippen LogP contribution is -2.54. The second-order valence-corrected chi connectivity index (χ2v) is 17.7. The van der Waals surface area contributed by atoms with Gasteiger partial charge >= 0.3 is 0 Å². The fourth-order valence-corrected chi connectivity index (χ4v) is 9.62. The van der Waals surface area contributed by atoms with Gasteiger partial charge in [0.2, 0.25) is 17.7 Å². The van der Waals surface area contributed by atoms with Crippen molar-refractivity contribution in [1.82, 2.24) is 40.2 Å². The van der Waals surface area contributed by atoms with Crippen molar-refractivity contribution in [2.24, 2.45) is 11.8 Å². The molecule has 1 saturated carbocycles. The first kappa shape index (κ1) is 38.3. The maximum Gasteiger partial charge on any atom is 0.262 e. The second-order valence-electron chi connectivity index (χ2n) is 17.7. The van der Waals surface area contributed by atoms with Gasteiger partial charge in [-0.25, -0.2) is 9.97 Å². The van der Waals surface area contributed by atoms with Gasteiger partial charge in [-0.05, 0) is 93.7 Å². The van der Waals surface area contributed by atoms with E-state index >= 15 is 0 Å². The lowest BCUT2D eigenvalue weighted by Gasteiger charge is -2.40. The Morgan fingerprint density at radius 1 is 0.783 bits per heavy atom. The van der Waals surface area contributed by atoms with Crippen molar-refractivity contribution in [3.8, 4) is 17.1 Å². The number of carbonyl (C=O) groups excluding carboxylic acids is 5. The second kappa shape index (κ2) is 15.3. The SMILES string of the molecule is CC1(Oc2ccc3[nH]nc(-c4cc(N5CCN(C[C@H]6CCN(CC7CCN(c8ccc9c(c8)C(=O)N(C8CCC(=O)NC8=O)C9=O)CC7)C(=O)C6)CC5)ncn4)c3c2)CC1. The van der Waals surface area contributed by atoms with Crippen LogP contribution in [0.5, 0.6) is 5.75 Å². The number of imide groups is 2. The highest BCUT2D eigenvalue weighted by atomic mass is 16.5. The van der Waals surface area contributed by atoms with Gasteiger partial charge in [0.25, 0.3) is 11.8 Å². The molecule has 5 fully saturated rings. The minimum Gasteiger partial charge on any atom is -0.488 e. The number of amides is 5. The molecule has 1 aliphatic carbocycles.